The standard InChI is InChI=1S/C110H62N6O4/c1-3-24-66-59-71(51-49-63(66)21-1)105-111-107(87-57-55-81(77-30-7-9-32-79(77)87)84-38-18-46-95-99(84)89-54-53-70(62-98(89)117-95)74-35-14-26-65-23-5-6-29-73(65)74)115-109(113-105)92-43-20-48-97-101(92)91-42-16-37-76(103(91)120-97)69-28-13-27-68(61-69)75-36-15-41-90-100-85(39-19-47-96(100)119-102(75)90)82-56-58-88(80-33-10-8-31-78(80)82)108-112-106(72-52-50-64-22-2-4-25-67(64)60-72)114-110(116-108)93-44-17-40-86-83-34-11-12-45-94(83)118-104(86)93/h1-62H. The summed E-state index contributed by atoms with van der Waals surface area (Å²) in [6.45, 7) is 0. The molecule has 0 N–H and O–H groups in total. The van der Waals surface area contributed by atoms with Crippen molar-refractivity contribution in [3.05, 3.63) is 376 Å². The Hall–Kier alpha value is -16.3. The Morgan fingerprint density at radius 3 is 1.08 bits per heavy atom. The zero-order valence-corrected chi connectivity index (χ0v) is 64.1. The van der Waals surface area contributed by atoms with Gasteiger partial charge in [-0.15, -0.1) is 0 Å². The fourth-order valence-electron chi connectivity index (χ4n) is 18.6. The summed E-state index contributed by atoms with van der Waals surface area (Å²) in [6, 6.07) is 132. The van der Waals surface area contributed by atoms with Crippen molar-refractivity contribution in [2.45, 2.75) is 0 Å². The van der Waals surface area contributed by atoms with Crippen LogP contribution in [0.4, 0.5) is 0 Å². The van der Waals surface area contributed by atoms with E-state index in [1.807, 2.05) is 36.4 Å². The van der Waals surface area contributed by atoms with Crippen LogP contribution in [0, 0.1) is 0 Å². The topological polar surface area (TPSA) is 130 Å². The third-order valence-corrected chi connectivity index (χ3v) is 24.2. The number of nitrogens with zero attached hydrogens (tertiary/aromatic N) is 6. The molecule has 19 aromatic carbocycles. The van der Waals surface area contributed by atoms with Gasteiger partial charge in [-0.25, -0.2) is 29.9 Å². The summed E-state index contributed by atoms with van der Waals surface area (Å²) in [4.78, 5) is 32.4. The maximum atomic E-state index is 7.13. The van der Waals surface area contributed by atoms with Gasteiger partial charge in [0.2, 0.25) is 0 Å². The van der Waals surface area contributed by atoms with Crippen LogP contribution in [-0.4, -0.2) is 29.9 Å². The van der Waals surface area contributed by atoms with Crippen molar-refractivity contribution in [2.24, 2.45) is 0 Å². The first-order valence-electron chi connectivity index (χ1n) is 40.3. The van der Waals surface area contributed by atoms with Crippen molar-refractivity contribution in [2.75, 3.05) is 0 Å². The molecule has 6 heterocycles. The normalized spacial score (nSPS) is 12.0. The molecule has 6 aromatic heterocycles. The Kier molecular flexibility index (Phi) is 14.9. The molecule has 0 saturated carbocycles. The first kappa shape index (κ1) is 67.1. The fraction of sp³-hybridized carbons (Fsp3) is 0. The molecule has 25 aromatic rings. The minimum Gasteiger partial charge on any atom is -0.456 e. The van der Waals surface area contributed by atoms with E-state index in [0.29, 0.717) is 40.5 Å². The minimum absolute atomic E-state index is 0.521. The molecule has 0 spiro atoms. The second kappa shape index (κ2) is 26.6. The molecular formula is C110H62N6O4. The highest BCUT2D eigenvalue weighted by atomic mass is 16.3. The third kappa shape index (κ3) is 10.7. The summed E-state index contributed by atoms with van der Waals surface area (Å²) >= 11 is 0. The van der Waals surface area contributed by atoms with Crippen molar-refractivity contribution in [1.82, 2.24) is 29.9 Å². The van der Waals surface area contributed by atoms with Gasteiger partial charge in [0.05, 0.1) is 5.56 Å². The zero-order valence-electron chi connectivity index (χ0n) is 64.1. The van der Waals surface area contributed by atoms with Crippen LogP contribution in [0.3, 0.4) is 0 Å². The van der Waals surface area contributed by atoms with Crippen LogP contribution >= 0.6 is 0 Å². The number of benzene rings is 19. The maximum absolute atomic E-state index is 7.13. The number of hydrogen-bond donors (Lipinski definition) is 0. The van der Waals surface area contributed by atoms with E-state index in [9.17, 15) is 0 Å². The van der Waals surface area contributed by atoms with Gasteiger partial charge in [0.25, 0.3) is 0 Å². The Labute approximate surface area is 684 Å². The van der Waals surface area contributed by atoms with Crippen LogP contribution in [-0.2, 0) is 0 Å². The summed E-state index contributed by atoms with van der Waals surface area (Å²) in [5.74, 6) is 3.27. The van der Waals surface area contributed by atoms with Crippen molar-refractivity contribution in [3.63, 3.8) is 0 Å². The Morgan fingerprint density at radius 2 is 0.492 bits per heavy atom. The Morgan fingerprint density at radius 1 is 0.142 bits per heavy atom. The smallest absolute Gasteiger partial charge is 0.167 e. The molecule has 10 nitrogen and oxygen atoms in total. The average Bonchev–Trinajstić information content (AvgIpc) is 1.32. The Bertz CT molecular complexity index is 8660. The number of fused-ring (bicyclic) bond motifs is 17. The lowest BCUT2D eigenvalue weighted by molar-refractivity contribution is 0.669. The van der Waals surface area contributed by atoms with E-state index in [0.717, 1.165) is 209 Å². The van der Waals surface area contributed by atoms with Gasteiger partial charge < -0.3 is 17.7 Å². The van der Waals surface area contributed by atoms with Crippen LogP contribution in [0.15, 0.2) is 394 Å². The zero-order chi connectivity index (χ0) is 78.6. The predicted molar refractivity (Wildman–Crippen MR) is 490 cm³/mol. The molecule has 0 amide bonds. The van der Waals surface area contributed by atoms with E-state index >= 15 is 0 Å². The van der Waals surface area contributed by atoms with E-state index in [1.165, 1.54) is 16.3 Å². The van der Waals surface area contributed by atoms with Crippen LogP contribution in [0.1, 0.15) is 0 Å². The van der Waals surface area contributed by atoms with E-state index in [1.54, 1.807) is 0 Å². The SMILES string of the molecule is c1cc(-c2cccc3c2oc2cccc(-c4nc(-c5ccc6ccccc6c5)nc(-c5ccc(-c6cccc7oc8cc(-c9cccc%10ccccc9%10)ccc8c67)c6ccccc56)n4)c23)cc(-c2cccc3c2oc2cccc(-c4ccc(-c5nc(-c6ccc7ccccc7c6)nc(-c6cccc7c6oc6ccccc67)n5)c5ccccc45)c23)c1. The predicted octanol–water partition coefficient (Wildman–Crippen LogP) is 29.8. The van der Waals surface area contributed by atoms with E-state index < -0.39 is 0 Å². The molecule has 10 heteroatoms. The third-order valence-electron chi connectivity index (χ3n) is 24.2. The number of para-hydroxylation sites is 4. The number of hydrogen-bond acceptors (Lipinski definition) is 10. The average molecular weight is 1530 g/mol. The molecule has 25 rings (SSSR count). The summed E-state index contributed by atoms with van der Waals surface area (Å²) in [7, 11) is 0. The molecule has 0 aliphatic carbocycles. The first-order chi connectivity index (χ1) is 59.4. The highest BCUT2D eigenvalue weighted by molar-refractivity contribution is 6.21. The van der Waals surface area contributed by atoms with Crippen molar-refractivity contribution >= 4 is 142 Å². The minimum atomic E-state index is 0.521. The lowest BCUT2D eigenvalue weighted by Gasteiger charge is -2.14. The molecule has 0 saturated heterocycles. The molecule has 556 valence electrons. The lowest BCUT2D eigenvalue weighted by Crippen LogP contribution is -2.01. The molecule has 0 bridgehead atoms. The summed E-state index contributed by atoms with van der Waals surface area (Å²) < 4.78 is 27.7. The van der Waals surface area contributed by atoms with Gasteiger partial charge in [-0.2, -0.15) is 0 Å². The lowest BCUT2D eigenvalue weighted by atomic mass is 9.91. The monoisotopic (exact) mass is 1530 g/mol. The van der Waals surface area contributed by atoms with Gasteiger partial charge in [0.1, 0.15) is 44.7 Å². The second-order valence-electron chi connectivity index (χ2n) is 31.0. The molecule has 0 aliphatic heterocycles. The summed E-state index contributed by atoms with van der Waals surface area (Å²) in [5.41, 5.74) is 21.8. The van der Waals surface area contributed by atoms with E-state index in [2.05, 4.69) is 340 Å². The second-order valence-corrected chi connectivity index (χ2v) is 31.0. The highest BCUT2D eigenvalue weighted by Crippen LogP contribution is 2.49. The molecule has 0 fully saturated rings. The van der Waals surface area contributed by atoms with Gasteiger partial charge in [0, 0.05) is 82.0 Å². The summed E-state index contributed by atoms with van der Waals surface area (Å²) in [5, 5.41) is 19.0. The van der Waals surface area contributed by atoms with Crippen molar-refractivity contribution in [3.8, 4) is 124 Å². The quantitative estimate of drug-likeness (QED) is 0.123. The number of aromatic nitrogens is 6. The highest BCUT2D eigenvalue weighted by Gasteiger charge is 2.27. The van der Waals surface area contributed by atoms with Gasteiger partial charge in [-0.05, 0) is 171 Å². The van der Waals surface area contributed by atoms with Gasteiger partial charge >= 0.3 is 0 Å². The largest absolute Gasteiger partial charge is 0.456 e. The molecular weight excluding hydrogens is 1470 g/mol. The van der Waals surface area contributed by atoms with Crippen LogP contribution in [0.5, 0.6) is 0 Å². The van der Waals surface area contributed by atoms with Crippen molar-refractivity contribution in [1.29, 1.82) is 0 Å². The van der Waals surface area contributed by atoms with Gasteiger partial charge in [-0.1, -0.05) is 303 Å². The number of furan rings is 4. The van der Waals surface area contributed by atoms with E-state index in [-0.39, 0.29) is 0 Å². The number of rotatable bonds is 11. The van der Waals surface area contributed by atoms with Crippen LogP contribution in [0.25, 0.3) is 266 Å². The summed E-state index contributed by atoms with van der Waals surface area (Å²) in [6.07, 6.45) is 0. The van der Waals surface area contributed by atoms with E-state index in [4.69, 9.17) is 47.6 Å². The molecule has 0 aliphatic rings. The fourth-order valence-corrected chi connectivity index (χ4v) is 18.6. The Balaban J connectivity index is 0.585. The van der Waals surface area contributed by atoms with Gasteiger partial charge in [-0.3, -0.25) is 0 Å². The molecule has 0 unspecified atom stereocenters. The van der Waals surface area contributed by atoms with Crippen molar-refractivity contribution < 1.29 is 17.7 Å². The maximum Gasteiger partial charge on any atom is 0.167 e. The van der Waals surface area contributed by atoms with Crippen LogP contribution in [0.2, 0.25) is 0 Å². The molecule has 0 radical (unpaired) electrons. The van der Waals surface area contributed by atoms with Gasteiger partial charge in [0.15, 0.2) is 34.9 Å². The molecule has 0 atom stereocenters. The van der Waals surface area contributed by atoms with Crippen LogP contribution < -0.4 is 0 Å². The first-order valence-corrected chi connectivity index (χ1v) is 40.3. The molecule has 120 heavy (non-hydrogen) atoms.